The monoisotopic (exact) mass is 307 g/mol. The van der Waals surface area contributed by atoms with Gasteiger partial charge in [0.1, 0.15) is 11.5 Å². The summed E-state index contributed by atoms with van der Waals surface area (Å²) in [6, 6.07) is 8.94. The molecule has 3 rings (SSSR count). The van der Waals surface area contributed by atoms with E-state index in [1.807, 2.05) is 18.3 Å². The van der Waals surface area contributed by atoms with Crippen LogP contribution in [0.2, 0.25) is 10.0 Å². The number of fused-ring (bicyclic) bond motifs is 1. The molecule has 6 heteroatoms. The van der Waals surface area contributed by atoms with Crippen molar-refractivity contribution in [2.24, 2.45) is 0 Å². The Morgan fingerprint density at radius 2 is 1.85 bits per heavy atom. The molecule has 0 fully saturated rings. The predicted molar refractivity (Wildman–Crippen MR) is 81.6 cm³/mol. The second kappa shape index (κ2) is 4.89. The Kier molecular flexibility index (Phi) is 3.20. The van der Waals surface area contributed by atoms with E-state index in [9.17, 15) is 0 Å². The highest BCUT2D eigenvalue weighted by Crippen LogP contribution is 2.38. The zero-order valence-electron chi connectivity index (χ0n) is 10.6. The van der Waals surface area contributed by atoms with E-state index in [0.717, 1.165) is 0 Å². The third-order valence-corrected chi connectivity index (χ3v) is 3.70. The number of anilines is 1. The summed E-state index contributed by atoms with van der Waals surface area (Å²) in [5.74, 6) is 1.10. The summed E-state index contributed by atoms with van der Waals surface area (Å²) in [6.07, 6.45) is 1.81. The van der Waals surface area contributed by atoms with Gasteiger partial charge >= 0.3 is 0 Å². The van der Waals surface area contributed by atoms with Crippen molar-refractivity contribution in [2.45, 2.75) is 0 Å². The molecule has 20 heavy (non-hydrogen) atoms. The molecular weight excluding hydrogens is 297 g/mol. The van der Waals surface area contributed by atoms with Crippen LogP contribution >= 0.6 is 23.2 Å². The van der Waals surface area contributed by atoms with Crippen LogP contribution in [0.15, 0.2) is 36.5 Å². The molecule has 0 aliphatic heterocycles. The van der Waals surface area contributed by atoms with E-state index in [-0.39, 0.29) is 0 Å². The number of hydrogen-bond donors (Lipinski definition) is 1. The molecule has 0 aliphatic carbocycles. The van der Waals surface area contributed by atoms with Gasteiger partial charge in [-0.1, -0.05) is 29.3 Å². The maximum absolute atomic E-state index is 6.22. The first kappa shape index (κ1) is 13.1. The molecule has 102 valence electrons. The number of benzene rings is 1. The minimum atomic E-state index is 0.467. The van der Waals surface area contributed by atoms with Crippen LogP contribution in [-0.4, -0.2) is 16.5 Å². The fraction of sp³-hybridized carbons (Fsp3) is 0.0714. The van der Waals surface area contributed by atoms with E-state index in [2.05, 4.69) is 4.98 Å². The van der Waals surface area contributed by atoms with Crippen molar-refractivity contribution in [1.29, 1.82) is 0 Å². The van der Waals surface area contributed by atoms with Crippen LogP contribution in [0.1, 0.15) is 0 Å². The minimum absolute atomic E-state index is 0.467. The van der Waals surface area contributed by atoms with Gasteiger partial charge in [0.15, 0.2) is 11.4 Å². The van der Waals surface area contributed by atoms with E-state index in [4.69, 9.17) is 33.7 Å². The first-order valence-corrected chi connectivity index (χ1v) is 6.64. The molecule has 0 unspecified atom stereocenters. The Morgan fingerprint density at radius 3 is 2.50 bits per heavy atom. The standard InChI is InChI=1S/C14H11Cl2N3O/c1-20-10-6-3-7-19-13(17)12(18-14(10)19)11-8(15)4-2-5-9(11)16/h2-7H,17H2,1H3. The summed E-state index contributed by atoms with van der Waals surface area (Å²) >= 11 is 12.4. The third-order valence-electron chi connectivity index (χ3n) is 3.07. The van der Waals surface area contributed by atoms with E-state index in [0.29, 0.717) is 38.5 Å². The van der Waals surface area contributed by atoms with E-state index in [1.54, 1.807) is 29.7 Å². The second-order valence-corrected chi connectivity index (χ2v) is 5.03. The molecule has 2 heterocycles. The molecule has 0 radical (unpaired) electrons. The molecule has 0 bridgehead atoms. The number of aromatic nitrogens is 2. The largest absolute Gasteiger partial charge is 0.493 e. The van der Waals surface area contributed by atoms with Crippen LogP contribution in [0.25, 0.3) is 16.9 Å². The molecule has 2 aromatic heterocycles. The quantitative estimate of drug-likeness (QED) is 0.781. The summed E-state index contributed by atoms with van der Waals surface area (Å²) < 4.78 is 7.03. The zero-order valence-corrected chi connectivity index (χ0v) is 12.1. The summed E-state index contributed by atoms with van der Waals surface area (Å²) in [4.78, 5) is 4.52. The van der Waals surface area contributed by atoms with Crippen molar-refractivity contribution < 1.29 is 4.74 Å². The van der Waals surface area contributed by atoms with Crippen LogP contribution in [-0.2, 0) is 0 Å². The lowest BCUT2D eigenvalue weighted by Crippen LogP contribution is -1.95. The van der Waals surface area contributed by atoms with Crippen molar-refractivity contribution in [3.63, 3.8) is 0 Å². The lowest BCUT2D eigenvalue weighted by molar-refractivity contribution is 0.417. The normalized spacial score (nSPS) is 10.9. The van der Waals surface area contributed by atoms with Crippen LogP contribution in [0.5, 0.6) is 5.75 Å². The molecule has 0 saturated heterocycles. The van der Waals surface area contributed by atoms with Gasteiger partial charge in [0.25, 0.3) is 0 Å². The van der Waals surface area contributed by atoms with Gasteiger partial charge in [0.05, 0.1) is 17.2 Å². The van der Waals surface area contributed by atoms with Crippen LogP contribution in [0.4, 0.5) is 5.82 Å². The number of pyridine rings is 1. The first-order chi connectivity index (χ1) is 9.63. The van der Waals surface area contributed by atoms with Crippen molar-refractivity contribution in [1.82, 2.24) is 9.38 Å². The lowest BCUT2D eigenvalue weighted by Gasteiger charge is -2.04. The number of hydrogen-bond acceptors (Lipinski definition) is 3. The Morgan fingerprint density at radius 1 is 1.15 bits per heavy atom. The fourth-order valence-electron chi connectivity index (χ4n) is 2.13. The third kappa shape index (κ3) is 1.88. The van der Waals surface area contributed by atoms with Crippen LogP contribution < -0.4 is 10.5 Å². The Labute approximate surface area is 125 Å². The number of nitrogens with zero attached hydrogens (tertiary/aromatic N) is 2. The van der Waals surface area contributed by atoms with Gasteiger partial charge in [-0.15, -0.1) is 0 Å². The van der Waals surface area contributed by atoms with Gasteiger partial charge in [-0.2, -0.15) is 0 Å². The molecular formula is C14H11Cl2N3O. The molecule has 0 amide bonds. The van der Waals surface area contributed by atoms with E-state index in [1.165, 1.54) is 0 Å². The van der Waals surface area contributed by atoms with Crippen molar-refractivity contribution in [2.75, 3.05) is 12.8 Å². The zero-order chi connectivity index (χ0) is 14.3. The first-order valence-electron chi connectivity index (χ1n) is 5.88. The van der Waals surface area contributed by atoms with E-state index < -0.39 is 0 Å². The maximum Gasteiger partial charge on any atom is 0.181 e. The average Bonchev–Trinajstić information content (AvgIpc) is 2.76. The van der Waals surface area contributed by atoms with Crippen molar-refractivity contribution in [3.05, 3.63) is 46.6 Å². The molecule has 1 aromatic carbocycles. The number of imidazole rings is 1. The highest BCUT2D eigenvalue weighted by Gasteiger charge is 2.18. The number of nitrogen functional groups attached to an aromatic ring is 1. The number of rotatable bonds is 2. The molecule has 4 nitrogen and oxygen atoms in total. The number of nitrogens with two attached hydrogens (primary N) is 1. The summed E-state index contributed by atoms with van der Waals surface area (Å²) in [6.45, 7) is 0. The number of halogens is 2. The summed E-state index contributed by atoms with van der Waals surface area (Å²) in [7, 11) is 1.59. The minimum Gasteiger partial charge on any atom is -0.493 e. The maximum atomic E-state index is 6.22. The van der Waals surface area contributed by atoms with Crippen molar-refractivity contribution in [3.8, 4) is 17.0 Å². The molecule has 2 N–H and O–H groups in total. The Hall–Kier alpha value is -1.91. The predicted octanol–water partition coefficient (Wildman–Crippen LogP) is 3.90. The van der Waals surface area contributed by atoms with Crippen LogP contribution in [0, 0.1) is 0 Å². The van der Waals surface area contributed by atoms with Gasteiger partial charge < -0.3 is 10.5 Å². The second-order valence-electron chi connectivity index (χ2n) is 4.21. The molecule has 0 atom stereocenters. The van der Waals surface area contributed by atoms with E-state index >= 15 is 0 Å². The SMILES string of the molecule is COc1cccn2c(N)c(-c3c(Cl)cccc3Cl)nc12. The number of methoxy groups -OCH3 is 1. The van der Waals surface area contributed by atoms with Gasteiger partial charge in [-0.3, -0.25) is 4.40 Å². The molecule has 0 saturated carbocycles. The van der Waals surface area contributed by atoms with Crippen molar-refractivity contribution >= 4 is 34.7 Å². The number of ether oxygens (including phenoxy) is 1. The molecule has 0 aliphatic rings. The van der Waals surface area contributed by atoms with Gasteiger partial charge in [0, 0.05) is 11.8 Å². The Balaban J connectivity index is 2.36. The van der Waals surface area contributed by atoms with Gasteiger partial charge in [0.2, 0.25) is 0 Å². The van der Waals surface area contributed by atoms with Gasteiger partial charge in [-0.05, 0) is 24.3 Å². The summed E-state index contributed by atoms with van der Waals surface area (Å²) in [5, 5.41) is 1.01. The fourth-order valence-corrected chi connectivity index (χ4v) is 2.70. The average molecular weight is 308 g/mol. The highest BCUT2D eigenvalue weighted by molar-refractivity contribution is 6.39. The topological polar surface area (TPSA) is 52.5 Å². The van der Waals surface area contributed by atoms with Gasteiger partial charge in [-0.25, -0.2) is 4.98 Å². The molecule has 3 aromatic rings. The molecule has 0 spiro atoms. The smallest absolute Gasteiger partial charge is 0.181 e. The van der Waals surface area contributed by atoms with Crippen LogP contribution in [0.3, 0.4) is 0 Å². The highest BCUT2D eigenvalue weighted by atomic mass is 35.5. The summed E-state index contributed by atoms with van der Waals surface area (Å²) in [5.41, 5.74) is 7.95. The lowest BCUT2D eigenvalue weighted by atomic mass is 10.1. The Bertz CT molecular complexity index is 778.